The van der Waals surface area contributed by atoms with Crippen LogP contribution in [0.25, 0.3) is 0 Å². The number of aromatic nitrogens is 2. The van der Waals surface area contributed by atoms with Crippen LogP contribution in [0.1, 0.15) is 36.3 Å². The number of benzene rings is 1. The third-order valence-electron chi connectivity index (χ3n) is 3.88. The molecule has 5 N–H and O–H groups in total. The molecule has 2 rings (SSSR count). The van der Waals surface area contributed by atoms with Gasteiger partial charge in [-0.3, -0.25) is 14.6 Å². The van der Waals surface area contributed by atoms with Gasteiger partial charge in [0.25, 0.3) is 5.91 Å². The van der Waals surface area contributed by atoms with Crippen LogP contribution in [0, 0.1) is 5.92 Å². The van der Waals surface area contributed by atoms with Gasteiger partial charge in [-0.15, -0.1) is 0 Å². The summed E-state index contributed by atoms with van der Waals surface area (Å²) in [7, 11) is 0.350. The number of nitrogens with one attached hydrogen (secondary N) is 1. The van der Waals surface area contributed by atoms with E-state index in [0.717, 1.165) is 5.56 Å². The van der Waals surface area contributed by atoms with Crippen molar-refractivity contribution in [1.29, 1.82) is 0 Å². The zero-order valence-corrected chi connectivity index (χ0v) is 17.3. The van der Waals surface area contributed by atoms with E-state index in [-0.39, 0.29) is 12.1 Å². The normalized spacial score (nSPS) is 12.0. The molecule has 0 spiro atoms. The minimum atomic E-state index is -1.09. The maximum absolute atomic E-state index is 11.9. The number of amides is 1. The molecule has 2 aromatic rings. The van der Waals surface area contributed by atoms with Gasteiger partial charge in [0.15, 0.2) is 0 Å². The number of rotatable bonds is 9. The Balaban J connectivity index is 0.000000373. The lowest BCUT2D eigenvalue weighted by Gasteiger charge is -2.14. The number of carbonyl (C=O) groups is 3. The second-order valence-electron chi connectivity index (χ2n) is 6.92. The summed E-state index contributed by atoms with van der Waals surface area (Å²) >= 11 is 0. The van der Waals surface area contributed by atoms with Gasteiger partial charge in [-0.2, -0.15) is 0 Å². The van der Waals surface area contributed by atoms with Gasteiger partial charge in [-0.25, -0.2) is 9.78 Å². The predicted molar refractivity (Wildman–Crippen MR) is 113 cm³/mol. The Morgan fingerprint density at radius 2 is 1.87 bits per heavy atom. The van der Waals surface area contributed by atoms with E-state index in [4.69, 9.17) is 10.8 Å². The van der Waals surface area contributed by atoms with Crippen LogP contribution in [-0.4, -0.2) is 57.7 Å². The van der Waals surface area contributed by atoms with Gasteiger partial charge in [0.2, 0.25) is 0 Å². The summed E-state index contributed by atoms with van der Waals surface area (Å²) in [5.74, 6) is -1.90. The first kappa shape index (κ1) is 25.7. The Labute approximate surface area is 181 Å². The fourth-order valence-corrected chi connectivity index (χ4v) is 2.44. The van der Waals surface area contributed by atoms with Gasteiger partial charge < -0.3 is 25.8 Å². The summed E-state index contributed by atoms with van der Waals surface area (Å²) in [5, 5.41) is 19.7. The number of nitrogens with zero attached hydrogens (tertiary/aromatic N) is 2. The highest BCUT2D eigenvalue weighted by Gasteiger charge is 2.21. The van der Waals surface area contributed by atoms with Gasteiger partial charge >= 0.3 is 19.6 Å². The minimum absolute atomic E-state index is 0.0896. The average molecular weight is 429 g/mol. The summed E-state index contributed by atoms with van der Waals surface area (Å²) in [6.07, 6.45) is 4.88. The van der Waals surface area contributed by atoms with Crippen LogP contribution in [0.3, 0.4) is 0 Å². The van der Waals surface area contributed by atoms with E-state index in [1.165, 1.54) is 18.6 Å². The Morgan fingerprint density at radius 3 is 2.39 bits per heavy atom. The van der Waals surface area contributed by atoms with E-state index in [1.54, 1.807) is 0 Å². The van der Waals surface area contributed by atoms with Crippen molar-refractivity contribution in [2.75, 3.05) is 0 Å². The van der Waals surface area contributed by atoms with Crippen LogP contribution in [0.4, 0.5) is 0 Å². The molecule has 165 valence electrons. The van der Waals surface area contributed by atoms with Crippen molar-refractivity contribution in [3.63, 3.8) is 0 Å². The lowest BCUT2D eigenvalue weighted by atomic mass is 10.0. The molecule has 0 bridgehead atoms. The second-order valence-corrected chi connectivity index (χ2v) is 6.92. The molecule has 0 aliphatic heterocycles. The van der Waals surface area contributed by atoms with E-state index in [9.17, 15) is 19.5 Å². The Bertz CT molecular complexity index is 823. The third kappa shape index (κ3) is 10.3. The molecule has 1 radical (unpaired) electrons. The molecule has 0 fully saturated rings. The molecular formula is C20H26BN4O6. The average Bonchev–Trinajstić information content (AvgIpc) is 2.74. The maximum Gasteiger partial charge on any atom is 0.571 e. The molecule has 2 unspecified atom stereocenters. The number of hydrogen-bond acceptors (Lipinski definition) is 8. The van der Waals surface area contributed by atoms with E-state index in [1.807, 2.05) is 44.2 Å². The molecule has 1 aromatic heterocycles. The number of carboxylic acids is 1. The predicted octanol–water partition coefficient (Wildman–Crippen LogP) is 0.332. The molecule has 31 heavy (non-hydrogen) atoms. The van der Waals surface area contributed by atoms with E-state index in [0.29, 0.717) is 20.0 Å². The molecular weight excluding hydrogens is 403 g/mol. The molecule has 11 heteroatoms. The minimum Gasteiger partial charge on any atom is -0.510 e. The van der Waals surface area contributed by atoms with Crippen molar-refractivity contribution >= 4 is 25.5 Å². The zero-order valence-electron chi connectivity index (χ0n) is 17.3. The number of aliphatic carboxylic acids is 1. The summed E-state index contributed by atoms with van der Waals surface area (Å²) in [6, 6.07) is 7.45. The van der Waals surface area contributed by atoms with E-state index >= 15 is 0 Å². The van der Waals surface area contributed by atoms with Crippen LogP contribution in [0.5, 0.6) is 0 Å². The van der Waals surface area contributed by atoms with Crippen molar-refractivity contribution in [3.05, 3.63) is 60.2 Å². The quantitative estimate of drug-likeness (QED) is 0.411. The molecule has 2 atom stereocenters. The first-order chi connectivity index (χ1) is 14.7. The maximum atomic E-state index is 11.9. The van der Waals surface area contributed by atoms with Crippen molar-refractivity contribution in [3.8, 4) is 0 Å². The SMILES string of the molecule is CC(C)CC(N)C(=O)O[B]O.O=C(NC(Cc1ccccc1)C(=O)O)c1cnccn1. The molecule has 10 nitrogen and oxygen atoms in total. The Hall–Kier alpha value is -3.31. The van der Waals surface area contributed by atoms with Crippen molar-refractivity contribution in [2.24, 2.45) is 11.7 Å². The molecule has 0 aliphatic carbocycles. The monoisotopic (exact) mass is 429 g/mol. The summed E-state index contributed by atoms with van der Waals surface area (Å²) in [5.41, 5.74) is 6.32. The van der Waals surface area contributed by atoms with Crippen LogP contribution >= 0.6 is 0 Å². The van der Waals surface area contributed by atoms with Gasteiger partial charge in [-0.05, 0) is 17.9 Å². The van der Waals surface area contributed by atoms with Crippen molar-refractivity contribution in [1.82, 2.24) is 15.3 Å². The topological polar surface area (TPSA) is 165 Å². The van der Waals surface area contributed by atoms with Crippen LogP contribution in [0.2, 0.25) is 0 Å². The lowest BCUT2D eigenvalue weighted by Crippen LogP contribution is -2.42. The Morgan fingerprint density at radius 1 is 1.19 bits per heavy atom. The molecule has 1 amide bonds. The standard InChI is InChI=1S/C14H13N3O3.C6H13BNO3/c18-13(12-9-15-6-7-16-12)17-11(14(19)20)8-10-4-2-1-3-5-10;1-4(2)3-5(8)6(9)11-7-10/h1-7,9,11H,8H2,(H,17,18)(H,19,20);4-5,10H,3,8H2,1-2H3. The van der Waals surface area contributed by atoms with E-state index in [2.05, 4.69) is 19.9 Å². The molecule has 0 aliphatic rings. The number of nitrogens with two attached hydrogens (primary N) is 1. The van der Waals surface area contributed by atoms with Gasteiger partial charge in [0.1, 0.15) is 17.8 Å². The summed E-state index contributed by atoms with van der Waals surface area (Å²) < 4.78 is 4.17. The van der Waals surface area contributed by atoms with Crippen LogP contribution in [0.15, 0.2) is 48.9 Å². The molecule has 0 saturated heterocycles. The van der Waals surface area contributed by atoms with Gasteiger partial charge in [-0.1, -0.05) is 44.2 Å². The first-order valence-electron chi connectivity index (χ1n) is 9.50. The highest BCUT2D eigenvalue weighted by Crippen LogP contribution is 2.05. The summed E-state index contributed by atoms with van der Waals surface area (Å²) in [4.78, 5) is 41.4. The number of hydrogen-bond donors (Lipinski definition) is 4. The molecule has 1 heterocycles. The van der Waals surface area contributed by atoms with Gasteiger partial charge in [0, 0.05) is 18.8 Å². The smallest absolute Gasteiger partial charge is 0.510 e. The first-order valence-corrected chi connectivity index (χ1v) is 9.50. The third-order valence-corrected chi connectivity index (χ3v) is 3.88. The van der Waals surface area contributed by atoms with Gasteiger partial charge in [0.05, 0.1) is 6.20 Å². The lowest BCUT2D eigenvalue weighted by molar-refractivity contribution is -0.139. The highest BCUT2D eigenvalue weighted by atomic mass is 16.6. The van der Waals surface area contributed by atoms with Crippen LogP contribution in [-0.2, 0) is 20.7 Å². The van der Waals surface area contributed by atoms with Crippen molar-refractivity contribution < 1.29 is 29.2 Å². The molecule has 0 saturated carbocycles. The number of carboxylic acid groups (broad SMARTS) is 1. The largest absolute Gasteiger partial charge is 0.571 e. The Kier molecular flexibility index (Phi) is 11.5. The zero-order chi connectivity index (χ0) is 23.2. The van der Waals surface area contributed by atoms with Crippen molar-refractivity contribution in [2.45, 2.75) is 38.8 Å². The molecule has 1 aromatic carbocycles. The summed E-state index contributed by atoms with van der Waals surface area (Å²) in [6.45, 7) is 3.91. The fraction of sp³-hybridized carbons (Fsp3) is 0.350. The van der Waals surface area contributed by atoms with Crippen LogP contribution < -0.4 is 11.1 Å². The number of carbonyl (C=O) groups excluding carboxylic acids is 2. The second kappa shape index (κ2) is 13.8. The highest BCUT2D eigenvalue weighted by molar-refractivity contribution is 6.20. The fourth-order valence-electron chi connectivity index (χ4n) is 2.44. The van der Waals surface area contributed by atoms with E-state index < -0.39 is 29.9 Å².